The van der Waals surface area contributed by atoms with Crippen LogP contribution in [0.1, 0.15) is 23.1 Å². The number of nitrogens with zero attached hydrogens (tertiary/aromatic N) is 4. The minimum Gasteiger partial charge on any atom is -0.497 e. The van der Waals surface area contributed by atoms with Crippen molar-refractivity contribution in [1.29, 1.82) is 0 Å². The van der Waals surface area contributed by atoms with Crippen molar-refractivity contribution in [3.05, 3.63) is 71.7 Å². The summed E-state index contributed by atoms with van der Waals surface area (Å²) < 4.78 is 5.32. The van der Waals surface area contributed by atoms with Gasteiger partial charge in [-0.25, -0.2) is 4.98 Å². The number of ether oxygens (including phenoxy) is 1. The van der Waals surface area contributed by atoms with Crippen LogP contribution >= 0.6 is 0 Å². The van der Waals surface area contributed by atoms with Crippen LogP contribution in [0.5, 0.6) is 5.75 Å². The van der Waals surface area contributed by atoms with Crippen molar-refractivity contribution < 1.29 is 14.3 Å². The molecule has 0 bridgehead atoms. The third kappa shape index (κ3) is 3.82. The third-order valence-electron chi connectivity index (χ3n) is 6.19. The van der Waals surface area contributed by atoms with Gasteiger partial charge in [0.15, 0.2) is 0 Å². The summed E-state index contributed by atoms with van der Waals surface area (Å²) >= 11 is 0. The lowest BCUT2D eigenvalue weighted by Gasteiger charge is -2.33. The van der Waals surface area contributed by atoms with Crippen LogP contribution < -0.4 is 9.64 Å². The lowest BCUT2D eigenvalue weighted by atomic mass is 9.99. The Morgan fingerprint density at radius 2 is 1.84 bits per heavy atom. The van der Waals surface area contributed by atoms with E-state index in [0.29, 0.717) is 31.7 Å². The predicted octanol–water partition coefficient (Wildman–Crippen LogP) is 3.02. The van der Waals surface area contributed by atoms with Crippen molar-refractivity contribution in [3.63, 3.8) is 0 Å². The maximum Gasteiger partial charge on any atom is 0.243 e. The number of amides is 2. The molecule has 0 saturated heterocycles. The van der Waals surface area contributed by atoms with E-state index in [0.717, 1.165) is 34.4 Å². The maximum atomic E-state index is 13.1. The fraction of sp³-hybridized carbons (Fsp3) is 0.280. The van der Waals surface area contributed by atoms with Gasteiger partial charge in [-0.15, -0.1) is 0 Å². The molecule has 162 valence electrons. The minimum atomic E-state index is -0.0697. The Morgan fingerprint density at radius 3 is 2.66 bits per heavy atom. The highest BCUT2D eigenvalue weighted by Gasteiger charge is 2.30. The van der Waals surface area contributed by atoms with Gasteiger partial charge in [-0.1, -0.05) is 6.07 Å². The van der Waals surface area contributed by atoms with Gasteiger partial charge in [0, 0.05) is 43.7 Å². The van der Waals surface area contributed by atoms with Crippen molar-refractivity contribution in [2.75, 3.05) is 25.1 Å². The number of carbonyl (C=O) groups is 2. The molecule has 2 amide bonds. The first kappa shape index (κ1) is 20.2. The number of rotatable bonds is 4. The van der Waals surface area contributed by atoms with Gasteiger partial charge in [0.25, 0.3) is 0 Å². The van der Waals surface area contributed by atoms with Gasteiger partial charge < -0.3 is 9.64 Å². The summed E-state index contributed by atoms with van der Waals surface area (Å²) in [5.74, 6) is 1.24. The summed E-state index contributed by atoms with van der Waals surface area (Å²) in [5.41, 5.74) is 5.32. The normalized spacial score (nSPS) is 15.2. The Bertz CT molecular complexity index is 1180. The maximum absolute atomic E-state index is 13.1. The quantitative estimate of drug-likeness (QED) is 0.639. The molecule has 7 nitrogen and oxygen atoms in total. The molecular weight excluding hydrogens is 404 g/mol. The zero-order chi connectivity index (χ0) is 22.1. The molecule has 7 heteroatoms. The second-order valence-electron chi connectivity index (χ2n) is 8.12. The lowest BCUT2D eigenvalue weighted by molar-refractivity contribution is -0.132. The highest BCUT2D eigenvalue weighted by Crippen LogP contribution is 2.30. The third-order valence-corrected chi connectivity index (χ3v) is 6.19. The second-order valence-corrected chi connectivity index (χ2v) is 8.12. The average molecular weight is 428 g/mol. The van der Waals surface area contributed by atoms with E-state index in [1.807, 2.05) is 29.2 Å². The molecule has 0 unspecified atom stereocenters. The molecule has 1 aromatic carbocycles. The molecule has 0 spiro atoms. The number of anilines is 1. The number of hydrogen-bond acceptors (Lipinski definition) is 5. The number of hydrogen-bond donors (Lipinski definition) is 0. The highest BCUT2D eigenvalue weighted by molar-refractivity contribution is 6.00. The van der Waals surface area contributed by atoms with Crippen molar-refractivity contribution >= 4 is 17.6 Å². The average Bonchev–Trinajstić information content (AvgIpc) is 2.85. The van der Waals surface area contributed by atoms with Crippen molar-refractivity contribution in [1.82, 2.24) is 14.9 Å². The van der Waals surface area contributed by atoms with Gasteiger partial charge in [-0.05, 0) is 65.4 Å². The van der Waals surface area contributed by atoms with E-state index in [-0.39, 0.29) is 18.4 Å². The standard InChI is InChI=1S/C25H24N4O3/c1-32-22-4-2-17-8-11-28(15-21(17)13-22)24(31)16-29-23(30)5-3-19-12-20(14-27-25(19)29)18-6-9-26-10-7-18/h2,4,6-7,9-10,12-14H,3,5,8,11,15-16H2,1H3. The molecule has 2 aromatic heterocycles. The van der Waals surface area contributed by atoms with E-state index in [4.69, 9.17) is 4.74 Å². The molecule has 0 fully saturated rings. The monoisotopic (exact) mass is 428 g/mol. The van der Waals surface area contributed by atoms with Crippen molar-refractivity contribution in [2.45, 2.75) is 25.8 Å². The molecule has 0 aliphatic carbocycles. The van der Waals surface area contributed by atoms with Gasteiger partial charge in [-0.3, -0.25) is 19.5 Å². The number of methoxy groups -OCH3 is 1. The van der Waals surface area contributed by atoms with Crippen LogP contribution in [0.15, 0.2) is 55.0 Å². The topological polar surface area (TPSA) is 75.6 Å². The number of aromatic nitrogens is 2. The lowest BCUT2D eigenvalue weighted by Crippen LogP contribution is -2.46. The van der Waals surface area contributed by atoms with Gasteiger partial charge in [0.2, 0.25) is 11.8 Å². The van der Waals surface area contributed by atoms with Gasteiger partial charge >= 0.3 is 0 Å². The van der Waals surface area contributed by atoms with Crippen LogP contribution in [-0.4, -0.2) is 46.9 Å². The zero-order valence-corrected chi connectivity index (χ0v) is 18.0. The van der Waals surface area contributed by atoms with Crippen LogP contribution in [-0.2, 0) is 29.0 Å². The summed E-state index contributed by atoms with van der Waals surface area (Å²) in [6.45, 7) is 1.17. The first-order valence-corrected chi connectivity index (χ1v) is 10.8. The van der Waals surface area contributed by atoms with E-state index in [2.05, 4.69) is 22.1 Å². The summed E-state index contributed by atoms with van der Waals surface area (Å²) in [6, 6.07) is 11.9. The molecule has 4 heterocycles. The van der Waals surface area contributed by atoms with Crippen LogP contribution in [0, 0.1) is 0 Å². The summed E-state index contributed by atoms with van der Waals surface area (Å²) in [7, 11) is 1.64. The van der Waals surface area contributed by atoms with E-state index >= 15 is 0 Å². The van der Waals surface area contributed by atoms with Crippen molar-refractivity contribution in [3.8, 4) is 16.9 Å². The molecule has 32 heavy (non-hydrogen) atoms. The van der Waals surface area contributed by atoms with E-state index in [9.17, 15) is 9.59 Å². The van der Waals surface area contributed by atoms with Crippen LogP contribution in [0.25, 0.3) is 11.1 Å². The molecule has 5 rings (SSSR count). The van der Waals surface area contributed by atoms with E-state index < -0.39 is 0 Å². The van der Waals surface area contributed by atoms with Crippen LogP contribution in [0.3, 0.4) is 0 Å². The molecule has 0 radical (unpaired) electrons. The molecule has 0 N–H and O–H groups in total. The van der Waals surface area contributed by atoms with Gasteiger partial charge in [0.05, 0.1) is 7.11 Å². The number of aryl methyl sites for hydroxylation is 1. The van der Waals surface area contributed by atoms with E-state index in [1.54, 1.807) is 30.6 Å². The predicted molar refractivity (Wildman–Crippen MR) is 120 cm³/mol. The van der Waals surface area contributed by atoms with Gasteiger partial charge in [0.1, 0.15) is 18.1 Å². The Morgan fingerprint density at radius 1 is 1.00 bits per heavy atom. The SMILES string of the molecule is COc1ccc2c(c1)CN(C(=O)CN1C(=O)CCc3cc(-c4ccncc4)cnc31)CC2. The number of pyridine rings is 2. The Hall–Kier alpha value is -3.74. The molecule has 0 saturated carbocycles. The fourth-order valence-electron chi connectivity index (χ4n) is 4.40. The molecule has 3 aromatic rings. The highest BCUT2D eigenvalue weighted by atomic mass is 16.5. The smallest absolute Gasteiger partial charge is 0.243 e. The molecule has 0 atom stereocenters. The summed E-state index contributed by atoms with van der Waals surface area (Å²) in [6.07, 6.45) is 7.05. The number of carbonyl (C=O) groups excluding carboxylic acids is 2. The Balaban J connectivity index is 1.35. The fourth-order valence-corrected chi connectivity index (χ4v) is 4.40. The largest absolute Gasteiger partial charge is 0.497 e. The van der Waals surface area contributed by atoms with Gasteiger partial charge in [-0.2, -0.15) is 0 Å². The molecule has 2 aliphatic heterocycles. The van der Waals surface area contributed by atoms with Crippen molar-refractivity contribution in [2.24, 2.45) is 0 Å². The Kier molecular flexibility index (Phi) is 5.31. The molecule has 2 aliphatic rings. The second kappa shape index (κ2) is 8.42. The first-order valence-electron chi connectivity index (χ1n) is 10.8. The van der Waals surface area contributed by atoms with E-state index in [1.165, 1.54) is 5.56 Å². The molecular formula is C25H24N4O3. The minimum absolute atomic E-state index is 0.00669. The van der Waals surface area contributed by atoms with Crippen LogP contribution in [0.4, 0.5) is 5.82 Å². The number of fused-ring (bicyclic) bond motifs is 2. The van der Waals surface area contributed by atoms with Crippen LogP contribution in [0.2, 0.25) is 0 Å². The summed E-state index contributed by atoms with van der Waals surface area (Å²) in [4.78, 5) is 37.8. The zero-order valence-electron chi connectivity index (χ0n) is 18.0. The summed E-state index contributed by atoms with van der Waals surface area (Å²) in [5, 5.41) is 0. The first-order chi connectivity index (χ1) is 15.6. The Labute approximate surface area is 186 Å². The number of benzene rings is 1.